The first kappa shape index (κ1) is 30.8. The van der Waals surface area contributed by atoms with Gasteiger partial charge in [0.15, 0.2) is 0 Å². The van der Waals surface area contributed by atoms with Gasteiger partial charge in [0.05, 0.1) is 16.5 Å². The maximum Gasteiger partial charge on any atom is 0.237 e. The average Bonchev–Trinajstić information content (AvgIpc) is 3.53. The summed E-state index contributed by atoms with van der Waals surface area (Å²) in [6.45, 7) is 9.96. The number of rotatable bonds is 10. The van der Waals surface area contributed by atoms with Crippen LogP contribution in [0.4, 0.5) is 10.1 Å². The smallest absolute Gasteiger partial charge is 0.237 e. The number of halogens is 3. The van der Waals surface area contributed by atoms with E-state index in [4.69, 9.17) is 23.2 Å². The molecule has 0 radical (unpaired) electrons. The second-order valence-corrected chi connectivity index (χ2v) is 13.1. The predicted molar refractivity (Wildman–Crippen MR) is 161 cm³/mol. The van der Waals surface area contributed by atoms with E-state index >= 15 is 4.39 Å². The number of aldehydes is 1. The van der Waals surface area contributed by atoms with Crippen LogP contribution in [0.5, 0.6) is 0 Å². The number of carbonyl (C=O) groups is 2. The molecular formula is C31H41Cl2FN4O2. The van der Waals surface area contributed by atoms with E-state index in [1.807, 2.05) is 12.1 Å². The molecule has 40 heavy (non-hydrogen) atoms. The van der Waals surface area contributed by atoms with Gasteiger partial charge in [-0.2, -0.15) is 0 Å². The van der Waals surface area contributed by atoms with Gasteiger partial charge in [0.1, 0.15) is 12.1 Å². The maximum absolute atomic E-state index is 15.1. The zero-order valence-electron chi connectivity index (χ0n) is 23.8. The second-order valence-electron chi connectivity index (χ2n) is 12.3. The molecule has 1 amide bonds. The minimum Gasteiger partial charge on any atom is -0.388 e. The van der Waals surface area contributed by atoms with Crippen molar-refractivity contribution in [2.75, 3.05) is 38.5 Å². The minimum absolute atomic E-state index is 0.0425. The van der Waals surface area contributed by atoms with Crippen molar-refractivity contribution < 1.29 is 14.0 Å². The third-order valence-electron chi connectivity index (χ3n) is 8.25. The lowest BCUT2D eigenvalue weighted by molar-refractivity contribution is -0.123. The molecule has 0 unspecified atom stereocenters. The Balaban J connectivity index is 1.80. The molecule has 3 N–H and O–H groups in total. The maximum atomic E-state index is 15.1. The highest BCUT2D eigenvalue weighted by atomic mass is 35.5. The quantitative estimate of drug-likeness (QED) is 0.242. The van der Waals surface area contributed by atoms with Gasteiger partial charge >= 0.3 is 0 Å². The van der Waals surface area contributed by atoms with Crippen molar-refractivity contribution in [3.63, 3.8) is 0 Å². The van der Waals surface area contributed by atoms with Gasteiger partial charge in [-0.1, -0.05) is 56.1 Å². The summed E-state index contributed by atoms with van der Waals surface area (Å²) < 4.78 is 15.1. The Morgan fingerprint density at radius 3 is 2.55 bits per heavy atom. The van der Waals surface area contributed by atoms with Crippen LogP contribution < -0.4 is 16.0 Å². The molecular weight excluding hydrogens is 550 g/mol. The lowest BCUT2D eigenvalue weighted by Crippen LogP contribution is -2.47. The Morgan fingerprint density at radius 2 is 1.93 bits per heavy atom. The molecule has 218 valence electrons. The highest BCUT2D eigenvalue weighted by molar-refractivity contribution is 6.31. The third kappa shape index (κ3) is 6.48. The molecule has 2 saturated heterocycles. The van der Waals surface area contributed by atoms with Gasteiger partial charge in [-0.3, -0.25) is 4.79 Å². The van der Waals surface area contributed by atoms with Crippen LogP contribution in [-0.4, -0.2) is 62.4 Å². The number of likely N-dealkylation sites (tertiary alicyclic amines) is 1. The van der Waals surface area contributed by atoms with Crippen molar-refractivity contribution in [1.82, 2.24) is 15.5 Å². The van der Waals surface area contributed by atoms with Crippen LogP contribution in [0.3, 0.4) is 0 Å². The van der Waals surface area contributed by atoms with Crippen LogP contribution in [0, 0.1) is 11.2 Å². The summed E-state index contributed by atoms with van der Waals surface area (Å²) in [6.07, 6.45) is 4.75. The topological polar surface area (TPSA) is 73.5 Å². The lowest BCUT2D eigenvalue weighted by Gasteiger charge is -2.39. The number of carbonyl (C=O) groups excluding carboxylic acids is 2. The molecule has 2 aliphatic heterocycles. The summed E-state index contributed by atoms with van der Waals surface area (Å²) in [5.74, 6) is -1.46. The Labute approximate surface area is 247 Å². The van der Waals surface area contributed by atoms with Crippen LogP contribution in [0.2, 0.25) is 10.0 Å². The SMILES string of the molecule is CNc1cc(Cl)c(F)cc1[C@]1(C=O)[C@@H](CC(C)(C)C)N[C@@H](C(=O)NCCCN2CCCC2)[C@@H]1c1cccc(Cl)c1. The van der Waals surface area contributed by atoms with Gasteiger partial charge in [0.2, 0.25) is 5.91 Å². The van der Waals surface area contributed by atoms with Crippen molar-refractivity contribution in [3.8, 4) is 0 Å². The van der Waals surface area contributed by atoms with Crippen molar-refractivity contribution in [2.24, 2.45) is 5.41 Å². The fourth-order valence-corrected chi connectivity index (χ4v) is 6.86. The van der Waals surface area contributed by atoms with E-state index in [9.17, 15) is 9.59 Å². The zero-order valence-corrected chi connectivity index (χ0v) is 25.3. The van der Waals surface area contributed by atoms with Gasteiger partial charge in [-0.05, 0) is 86.1 Å². The first-order valence-corrected chi connectivity index (χ1v) is 14.9. The number of hydrogen-bond acceptors (Lipinski definition) is 5. The largest absolute Gasteiger partial charge is 0.388 e. The normalized spacial score (nSPS) is 25.2. The summed E-state index contributed by atoms with van der Waals surface area (Å²) in [7, 11) is 1.71. The highest BCUT2D eigenvalue weighted by Crippen LogP contribution is 2.52. The van der Waals surface area contributed by atoms with E-state index in [1.54, 1.807) is 19.2 Å². The van der Waals surface area contributed by atoms with Gasteiger partial charge < -0.3 is 25.6 Å². The number of nitrogens with zero attached hydrogens (tertiary/aromatic N) is 1. The molecule has 2 fully saturated rings. The summed E-state index contributed by atoms with van der Waals surface area (Å²) in [4.78, 5) is 29.8. The van der Waals surface area contributed by atoms with Crippen LogP contribution in [0.15, 0.2) is 36.4 Å². The predicted octanol–water partition coefficient (Wildman–Crippen LogP) is 5.77. The van der Waals surface area contributed by atoms with Gasteiger partial charge in [-0.25, -0.2) is 4.39 Å². The van der Waals surface area contributed by atoms with Gasteiger partial charge in [0, 0.05) is 36.3 Å². The number of hydrogen-bond donors (Lipinski definition) is 3. The van der Waals surface area contributed by atoms with Crippen molar-refractivity contribution in [3.05, 3.63) is 63.4 Å². The number of benzene rings is 2. The molecule has 4 atom stereocenters. The summed E-state index contributed by atoms with van der Waals surface area (Å²) in [5, 5.41) is 10.2. The lowest BCUT2D eigenvalue weighted by atomic mass is 9.62. The number of nitrogens with one attached hydrogen (secondary N) is 3. The minimum atomic E-state index is -1.29. The standard InChI is InChI=1S/C31H41Cl2FN4O2/c1-30(2,3)18-26-31(19-39,22-16-24(34)23(33)17-25(22)35-4)27(20-9-7-10-21(32)15-20)28(37-26)29(40)36-11-8-14-38-12-5-6-13-38/h7,9-10,15-17,19,26-28,35,37H,5-6,8,11-14,18H2,1-4H3,(H,36,40)/t26-,27+,28-,31-/m1/s1. The van der Waals surface area contributed by atoms with E-state index in [1.165, 1.54) is 25.0 Å². The molecule has 0 aromatic heterocycles. The van der Waals surface area contributed by atoms with Crippen molar-refractivity contribution in [2.45, 2.75) is 69.9 Å². The molecule has 2 aliphatic rings. The van der Waals surface area contributed by atoms with E-state index in [0.29, 0.717) is 29.2 Å². The zero-order chi connectivity index (χ0) is 29.1. The van der Waals surface area contributed by atoms with E-state index < -0.39 is 29.2 Å². The van der Waals surface area contributed by atoms with Crippen LogP contribution in [0.25, 0.3) is 0 Å². The summed E-state index contributed by atoms with van der Waals surface area (Å²) in [5.41, 5.74) is 0.245. The monoisotopic (exact) mass is 590 g/mol. The molecule has 0 bridgehead atoms. The molecule has 9 heteroatoms. The van der Waals surface area contributed by atoms with E-state index in [2.05, 4.69) is 41.6 Å². The Morgan fingerprint density at radius 1 is 1.20 bits per heavy atom. The summed E-state index contributed by atoms with van der Waals surface area (Å²) in [6, 6.07) is 8.89. The third-order valence-corrected chi connectivity index (χ3v) is 8.78. The molecule has 0 spiro atoms. The molecule has 2 aromatic rings. The fourth-order valence-electron chi connectivity index (χ4n) is 6.50. The highest BCUT2D eigenvalue weighted by Gasteiger charge is 2.60. The molecule has 6 nitrogen and oxygen atoms in total. The first-order chi connectivity index (χ1) is 19.0. The molecule has 4 rings (SSSR count). The number of anilines is 1. The molecule has 2 heterocycles. The van der Waals surface area contributed by atoms with Crippen LogP contribution >= 0.6 is 23.2 Å². The first-order valence-electron chi connectivity index (χ1n) is 14.2. The van der Waals surface area contributed by atoms with Crippen LogP contribution in [-0.2, 0) is 15.0 Å². The Kier molecular flexibility index (Phi) is 9.82. The second kappa shape index (κ2) is 12.8. The molecule has 0 saturated carbocycles. The van der Waals surface area contributed by atoms with E-state index in [-0.39, 0.29) is 16.3 Å². The van der Waals surface area contributed by atoms with Gasteiger partial charge in [-0.15, -0.1) is 0 Å². The summed E-state index contributed by atoms with van der Waals surface area (Å²) >= 11 is 12.6. The Bertz CT molecular complexity index is 1210. The average molecular weight is 592 g/mol. The van der Waals surface area contributed by atoms with E-state index in [0.717, 1.165) is 37.9 Å². The van der Waals surface area contributed by atoms with Gasteiger partial charge in [0.25, 0.3) is 0 Å². The van der Waals surface area contributed by atoms with Crippen molar-refractivity contribution in [1.29, 1.82) is 0 Å². The van der Waals surface area contributed by atoms with Crippen LogP contribution in [0.1, 0.15) is 63.5 Å². The molecule has 0 aliphatic carbocycles. The number of amides is 1. The van der Waals surface area contributed by atoms with Crippen molar-refractivity contribution >= 4 is 41.1 Å². The molecule has 2 aromatic carbocycles. The Hall–Kier alpha value is -2.19. The fraction of sp³-hybridized carbons (Fsp3) is 0.548.